The average molecular weight is 666 g/mol. The van der Waals surface area contributed by atoms with Gasteiger partial charge < -0.3 is 13.7 Å². The molecule has 244 valence electrons. The number of benzene rings is 8. The van der Waals surface area contributed by atoms with Gasteiger partial charge in [0.2, 0.25) is 0 Å². The third kappa shape index (κ3) is 4.08. The van der Waals surface area contributed by atoms with Crippen molar-refractivity contribution in [2.45, 2.75) is 5.41 Å². The van der Waals surface area contributed by atoms with Gasteiger partial charge in [0.1, 0.15) is 22.3 Å². The minimum atomic E-state index is -0.512. The summed E-state index contributed by atoms with van der Waals surface area (Å²) < 4.78 is 12.9. The molecular formula is C49H31NO2. The van der Waals surface area contributed by atoms with Crippen LogP contribution in [0.5, 0.6) is 0 Å². The van der Waals surface area contributed by atoms with E-state index in [1.54, 1.807) is 0 Å². The number of furan rings is 2. The third-order valence-electron chi connectivity index (χ3n) is 10.9. The molecule has 11 rings (SSSR count). The molecule has 0 saturated heterocycles. The fraction of sp³-hybridized carbons (Fsp3) is 0.0204. The molecule has 2 heterocycles. The first-order valence-electron chi connectivity index (χ1n) is 17.8. The molecule has 0 spiro atoms. The standard InChI is InChI=1S/C49H31NO2/c1-3-13-32(14-4-1)49(33-15-5-2-6-16-33)43-20-10-7-17-37(43)38-26-23-34(29-44(38)49)50(35-24-27-41-39-18-8-11-21-45(39)51-47(41)30-35)36-25-28-42-40-19-9-12-22-46(40)52-48(42)31-36/h1-31H. The Balaban J connectivity index is 1.19. The Morgan fingerprint density at radius 1 is 0.327 bits per heavy atom. The third-order valence-corrected chi connectivity index (χ3v) is 10.9. The summed E-state index contributed by atoms with van der Waals surface area (Å²) in [7, 11) is 0. The maximum Gasteiger partial charge on any atom is 0.137 e. The van der Waals surface area contributed by atoms with Gasteiger partial charge in [-0.25, -0.2) is 0 Å². The summed E-state index contributed by atoms with van der Waals surface area (Å²) in [4.78, 5) is 2.34. The van der Waals surface area contributed by atoms with E-state index in [1.165, 1.54) is 33.4 Å². The van der Waals surface area contributed by atoms with Crippen LogP contribution >= 0.6 is 0 Å². The second kappa shape index (κ2) is 11.1. The van der Waals surface area contributed by atoms with E-state index in [2.05, 4.69) is 169 Å². The summed E-state index contributed by atoms with van der Waals surface area (Å²) in [6.45, 7) is 0. The monoisotopic (exact) mass is 665 g/mol. The lowest BCUT2D eigenvalue weighted by molar-refractivity contribution is 0.669. The highest BCUT2D eigenvalue weighted by Gasteiger charge is 2.46. The van der Waals surface area contributed by atoms with Gasteiger partial charge in [0.25, 0.3) is 0 Å². The van der Waals surface area contributed by atoms with Crippen LogP contribution in [0.15, 0.2) is 197 Å². The molecule has 0 atom stereocenters. The lowest BCUT2D eigenvalue weighted by Gasteiger charge is -2.35. The molecule has 1 aliphatic carbocycles. The smallest absolute Gasteiger partial charge is 0.137 e. The van der Waals surface area contributed by atoms with Gasteiger partial charge in [-0.2, -0.15) is 0 Å². The predicted molar refractivity (Wildman–Crippen MR) is 213 cm³/mol. The zero-order chi connectivity index (χ0) is 34.2. The van der Waals surface area contributed by atoms with E-state index in [-0.39, 0.29) is 0 Å². The number of fused-ring (bicyclic) bond motifs is 9. The summed E-state index contributed by atoms with van der Waals surface area (Å²) >= 11 is 0. The molecule has 0 amide bonds. The van der Waals surface area contributed by atoms with Crippen molar-refractivity contribution >= 4 is 60.9 Å². The van der Waals surface area contributed by atoms with Crippen LogP contribution in [0.3, 0.4) is 0 Å². The van der Waals surface area contributed by atoms with E-state index < -0.39 is 5.41 Å². The highest BCUT2D eigenvalue weighted by atomic mass is 16.3. The molecule has 0 unspecified atom stereocenters. The quantitative estimate of drug-likeness (QED) is 0.183. The number of rotatable bonds is 5. The van der Waals surface area contributed by atoms with Gasteiger partial charge in [0, 0.05) is 50.7 Å². The number of hydrogen-bond donors (Lipinski definition) is 0. The van der Waals surface area contributed by atoms with E-state index in [1.807, 2.05) is 24.3 Å². The van der Waals surface area contributed by atoms with Gasteiger partial charge in [-0.1, -0.05) is 127 Å². The minimum Gasteiger partial charge on any atom is -0.456 e. The van der Waals surface area contributed by atoms with E-state index in [9.17, 15) is 0 Å². The minimum absolute atomic E-state index is 0.512. The SMILES string of the molecule is c1ccc(C2(c3ccccc3)c3ccccc3-c3ccc(N(c4ccc5c(c4)oc4ccccc45)c4ccc5c(c4)oc4ccccc45)cc32)cc1. The van der Waals surface area contributed by atoms with Crippen molar-refractivity contribution in [3.8, 4) is 11.1 Å². The predicted octanol–water partition coefficient (Wildman–Crippen LogP) is 13.3. The largest absolute Gasteiger partial charge is 0.456 e. The van der Waals surface area contributed by atoms with E-state index in [0.29, 0.717) is 0 Å². The lowest BCUT2D eigenvalue weighted by Crippen LogP contribution is -2.28. The highest BCUT2D eigenvalue weighted by Crippen LogP contribution is 2.57. The fourth-order valence-electron chi connectivity index (χ4n) is 8.73. The summed E-state index contributed by atoms with van der Waals surface area (Å²) in [6, 6.07) is 67.4. The molecule has 0 fully saturated rings. The first kappa shape index (κ1) is 28.9. The second-order valence-corrected chi connectivity index (χ2v) is 13.7. The first-order chi connectivity index (χ1) is 25.8. The van der Waals surface area contributed by atoms with Crippen LogP contribution in [-0.2, 0) is 5.41 Å². The van der Waals surface area contributed by atoms with E-state index in [4.69, 9.17) is 8.83 Å². The van der Waals surface area contributed by atoms with Crippen molar-refractivity contribution < 1.29 is 8.83 Å². The fourth-order valence-corrected chi connectivity index (χ4v) is 8.73. The van der Waals surface area contributed by atoms with Crippen LogP contribution in [-0.4, -0.2) is 0 Å². The van der Waals surface area contributed by atoms with Gasteiger partial charge in [-0.05, 0) is 81.9 Å². The average Bonchev–Trinajstić information content (AvgIpc) is 3.86. The maximum atomic E-state index is 6.45. The van der Waals surface area contributed by atoms with Crippen LogP contribution in [0.1, 0.15) is 22.3 Å². The molecule has 8 aromatic carbocycles. The Kier molecular flexibility index (Phi) is 6.17. The molecule has 0 aliphatic heterocycles. The number of hydrogen-bond acceptors (Lipinski definition) is 3. The summed E-state index contributed by atoms with van der Waals surface area (Å²) in [5, 5.41) is 4.43. The van der Waals surface area contributed by atoms with Crippen LogP contribution < -0.4 is 4.90 Å². The summed E-state index contributed by atoms with van der Waals surface area (Å²) in [6.07, 6.45) is 0. The maximum absolute atomic E-state index is 6.45. The summed E-state index contributed by atoms with van der Waals surface area (Å²) in [5.74, 6) is 0. The zero-order valence-electron chi connectivity index (χ0n) is 28.2. The van der Waals surface area contributed by atoms with Crippen molar-refractivity contribution in [2.75, 3.05) is 4.90 Å². The molecule has 1 aliphatic rings. The topological polar surface area (TPSA) is 29.5 Å². The second-order valence-electron chi connectivity index (χ2n) is 13.7. The highest BCUT2D eigenvalue weighted by molar-refractivity contribution is 6.08. The van der Waals surface area contributed by atoms with Crippen LogP contribution in [0.2, 0.25) is 0 Å². The first-order valence-corrected chi connectivity index (χ1v) is 17.8. The number of para-hydroxylation sites is 2. The van der Waals surface area contributed by atoms with E-state index >= 15 is 0 Å². The summed E-state index contributed by atoms with van der Waals surface area (Å²) in [5.41, 5.74) is 13.5. The van der Waals surface area contributed by atoms with Gasteiger partial charge in [-0.3, -0.25) is 0 Å². The van der Waals surface area contributed by atoms with Crippen LogP contribution in [0, 0.1) is 0 Å². The Morgan fingerprint density at radius 3 is 1.37 bits per heavy atom. The molecule has 0 bridgehead atoms. The molecular weight excluding hydrogens is 635 g/mol. The Morgan fingerprint density at radius 2 is 0.769 bits per heavy atom. The van der Waals surface area contributed by atoms with Crippen molar-refractivity contribution in [3.05, 3.63) is 210 Å². The Labute approximate surface area is 300 Å². The molecule has 3 heteroatoms. The van der Waals surface area contributed by atoms with Crippen molar-refractivity contribution in [1.82, 2.24) is 0 Å². The van der Waals surface area contributed by atoms with E-state index in [0.717, 1.165) is 60.9 Å². The Hall–Kier alpha value is -6.84. The van der Waals surface area contributed by atoms with Gasteiger partial charge in [-0.15, -0.1) is 0 Å². The number of nitrogens with zero attached hydrogens (tertiary/aromatic N) is 1. The Bertz CT molecular complexity index is 2820. The van der Waals surface area contributed by atoms with Crippen molar-refractivity contribution in [1.29, 1.82) is 0 Å². The lowest BCUT2D eigenvalue weighted by atomic mass is 9.67. The molecule has 0 radical (unpaired) electrons. The van der Waals surface area contributed by atoms with Crippen molar-refractivity contribution in [3.63, 3.8) is 0 Å². The molecule has 10 aromatic rings. The van der Waals surface area contributed by atoms with Gasteiger partial charge in [0.15, 0.2) is 0 Å². The number of anilines is 3. The molecule has 52 heavy (non-hydrogen) atoms. The van der Waals surface area contributed by atoms with Crippen molar-refractivity contribution in [2.24, 2.45) is 0 Å². The zero-order valence-corrected chi connectivity index (χ0v) is 28.2. The van der Waals surface area contributed by atoms with Crippen LogP contribution in [0.25, 0.3) is 55.0 Å². The molecule has 3 nitrogen and oxygen atoms in total. The van der Waals surface area contributed by atoms with Gasteiger partial charge >= 0.3 is 0 Å². The molecule has 0 N–H and O–H groups in total. The van der Waals surface area contributed by atoms with Gasteiger partial charge in [0.05, 0.1) is 5.41 Å². The normalized spacial score (nSPS) is 13.2. The molecule has 2 aromatic heterocycles. The van der Waals surface area contributed by atoms with Crippen LogP contribution in [0.4, 0.5) is 17.1 Å². The molecule has 0 saturated carbocycles.